The second-order valence-electron chi connectivity index (χ2n) is 6.53. The van der Waals surface area contributed by atoms with Crippen LogP contribution in [0.2, 0.25) is 0 Å². The fourth-order valence-corrected chi connectivity index (χ4v) is 3.11. The first-order chi connectivity index (χ1) is 12.8. The number of aromatic hydroxyl groups is 1. The highest BCUT2D eigenvalue weighted by Crippen LogP contribution is 2.30. The molecule has 0 spiro atoms. The van der Waals surface area contributed by atoms with Crippen LogP contribution in [0.25, 0.3) is 0 Å². The zero-order valence-corrected chi connectivity index (χ0v) is 14.6. The van der Waals surface area contributed by atoms with Gasteiger partial charge >= 0.3 is 6.18 Å². The fourth-order valence-electron chi connectivity index (χ4n) is 3.11. The Labute approximate surface area is 155 Å². The number of halogens is 3. The van der Waals surface area contributed by atoms with Gasteiger partial charge in [-0.2, -0.15) is 13.2 Å². The molecule has 144 valence electrons. The minimum Gasteiger partial charge on any atom is -0.508 e. The van der Waals surface area contributed by atoms with Gasteiger partial charge in [0, 0.05) is 30.8 Å². The van der Waals surface area contributed by atoms with Gasteiger partial charge in [0.05, 0.1) is 11.7 Å². The van der Waals surface area contributed by atoms with Crippen molar-refractivity contribution in [1.29, 1.82) is 0 Å². The maximum Gasteiger partial charge on any atom is 0.416 e. The molecule has 1 aliphatic heterocycles. The minimum absolute atomic E-state index is 0.0340. The molecule has 1 amide bonds. The summed E-state index contributed by atoms with van der Waals surface area (Å²) in [5.74, 6) is -0.494. The Kier molecular flexibility index (Phi) is 5.70. The van der Waals surface area contributed by atoms with E-state index in [-0.39, 0.29) is 30.5 Å². The summed E-state index contributed by atoms with van der Waals surface area (Å²) in [7, 11) is 0. The zero-order valence-electron chi connectivity index (χ0n) is 14.6. The summed E-state index contributed by atoms with van der Waals surface area (Å²) in [6, 6.07) is 11.0. The Hall–Kier alpha value is -2.54. The van der Waals surface area contributed by atoms with E-state index in [0.29, 0.717) is 12.2 Å². The quantitative estimate of drug-likeness (QED) is 0.846. The summed E-state index contributed by atoms with van der Waals surface area (Å²) in [5, 5.41) is 10.0. The number of para-hydroxylation sites is 1. The molecule has 4 nitrogen and oxygen atoms in total. The first-order valence-corrected chi connectivity index (χ1v) is 8.69. The largest absolute Gasteiger partial charge is 0.508 e. The van der Waals surface area contributed by atoms with Crippen molar-refractivity contribution in [2.24, 2.45) is 0 Å². The van der Waals surface area contributed by atoms with Gasteiger partial charge in [-0.05, 0) is 37.1 Å². The van der Waals surface area contributed by atoms with Crippen molar-refractivity contribution in [3.63, 3.8) is 0 Å². The summed E-state index contributed by atoms with van der Waals surface area (Å²) in [5.41, 5.74) is -0.387. The van der Waals surface area contributed by atoms with Gasteiger partial charge in [0.1, 0.15) is 5.75 Å². The van der Waals surface area contributed by atoms with Crippen LogP contribution in [0, 0.1) is 0 Å². The molecule has 0 aromatic heterocycles. The normalized spacial score (nSPS) is 17.1. The van der Waals surface area contributed by atoms with E-state index in [4.69, 9.17) is 4.74 Å². The number of phenols is 1. The van der Waals surface area contributed by atoms with E-state index in [2.05, 4.69) is 0 Å². The highest BCUT2D eigenvalue weighted by molar-refractivity contribution is 5.94. The van der Waals surface area contributed by atoms with Gasteiger partial charge in [-0.25, -0.2) is 0 Å². The average Bonchev–Trinajstić information content (AvgIpc) is 3.15. The van der Waals surface area contributed by atoms with Gasteiger partial charge in [0.25, 0.3) is 5.91 Å². The highest BCUT2D eigenvalue weighted by Gasteiger charge is 2.32. The van der Waals surface area contributed by atoms with Gasteiger partial charge < -0.3 is 14.7 Å². The molecule has 1 N–H and O–H groups in total. The molecule has 27 heavy (non-hydrogen) atoms. The second-order valence-corrected chi connectivity index (χ2v) is 6.53. The molecule has 0 aliphatic carbocycles. The molecule has 1 aliphatic rings. The van der Waals surface area contributed by atoms with Crippen molar-refractivity contribution in [1.82, 2.24) is 4.90 Å². The van der Waals surface area contributed by atoms with Gasteiger partial charge in [0.15, 0.2) is 0 Å². The van der Waals surface area contributed by atoms with E-state index in [0.717, 1.165) is 25.0 Å². The topological polar surface area (TPSA) is 49.8 Å². The first kappa shape index (κ1) is 19.2. The van der Waals surface area contributed by atoms with E-state index in [1.807, 2.05) is 0 Å². The van der Waals surface area contributed by atoms with Crippen LogP contribution in [0.4, 0.5) is 13.2 Å². The number of hydrogen-bond acceptors (Lipinski definition) is 3. The molecule has 1 heterocycles. The monoisotopic (exact) mass is 379 g/mol. The lowest BCUT2D eigenvalue weighted by Crippen LogP contribution is -2.37. The third-order valence-corrected chi connectivity index (χ3v) is 4.52. The molecule has 1 atom stereocenters. The smallest absolute Gasteiger partial charge is 0.416 e. The Balaban J connectivity index is 1.87. The van der Waals surface area contributed by atoms with E-state index in [1.54, 1.807) is 18.2 Å². The number of alkyl halides is 3. The molecular weight excluding hydrogens is 359 g/mol. The molecule has 1 saturated heterocycles. The summed E-state index contributed by atoms with van der Waals surface area (Å²) in [6.07, 6.45) is -3.02. The van der Waals surface area contributed by atoms with Crippen molar-refractivity contribution in [2.45, 2.75) is 31.7 Å². The van der Waals surface area contributed by atoms with E-state index in [9.17, 15) is 23.1 Å². The standard InChI is InChI=1S/C20H20F3NO3/c21-20(22,23)16-7-3-6-14(11-16)19(26)24(13-17-8-4-10-27-17)12-15-5-1-2-9-18(15)25/h1-3,5-7,9,11,17,25H,4,8,10,12-13H2. The lowest BCUT2D eigenvalue weighted by molar-refractivity contribution is -0.137. The second kappa shape index (κ2) is 8.00. The number of benzene rings is 2. The van der Waals surface area contributed by atoms with Crippen molar-refractivity contribution < 1.29 is 27.8 Å². The predicted molar refractivity (Wildman–Crippen MR) is 93.3 cm³/mol. The van der Waals surface area contributed by atoms with Crippen LogP contribution in [0.15, 0.2) is 48.5 Å². The molecule has 0 radical (unpaired) electrons. The summed E-state index contributed by atoms with van der Waals surface area (Å²) < 4.78 is 44.5. The Bertz CT molecular complexity index is 801. The van der Waals surface area contributed by atoms with Crippen LogP contribution in [0.5, 0.6) is 5.75 Å². The molecule has 3 rings (SSSR count). The van der Waals surface area contributed by atoms with Crippen LogP contribution >= 0.6 is 0 Å². The lowest BCUT2D eigenvalue weighted by Gasteiger charge is -2.26. The Morgan fingerprint density at radius 1 is 1.19 bits per heavy atom. The third kappa shape index (κ3) is 4.80. The van der Waals surface area contributed by atoms with E-state index in [1.165, 1.54) is 23.1 Å². The minimum atomic E-state index is -4.52. The molecule has 0 saturated carbocycles. The van der Waals surface area contributed by atoms with E-state index >= 15 is 0 Å². The molecule has 1 fully saturated rings. The number of amides is 1. The predicted octanol–water partition coefficient (Wildman–Crippen LogP) is 4.23. The van der Waals surface area contributed by atoms with Crippen molar-refractivity contribution in [3.8, 4) is 5.75 Å². The Morgan fingerprint density at radius 2 is 1.96 bits per heavy atom. The average molecular weight is 379 g/mol. The Morgan fingerprint density at radius 3 is 2.63 bits per heavy atom. The maximum absolute atomic E-state index is 13.0. The zero-order chi connectivity index (χ0) is 19.4. The van der Waals surface area contributed by atoms with Crippen molar-refractivity contribution >= 4 is 5.91 Å². The lowest BCUT2D eigenvalue weighted by atomic mass is 10.1. The number of nitrogens with zero attached hydrogens (tertiary/aromatic N) is 1. The van der Waals surface area contributed by atoms with Crippen LogP contribution in [-0.4, -0.2) is 35.2 Å². The number of phenolic OH excluding ortho intramolecular Hbond substituents is 1. The molecule has 7 heteroatoms. The fraction of sp³-hybridized carbons (Fsp3) is 0.350. The van der Waals surface area contributed by atoms with E-state index < -0.39 is 17.6 Å². The van der Waals surface area contributed by atoms with Gasteiger partial charge in [0.2, 0.25) is 0 Å². The molecule has 1 unspecified atom stereocenters. The van der Waals surface area contributed by atoms with Gasteiger partial charge in [-0.3, -0.25) is 4.79 Å². The van der Waals surface area contributed by atoms with Crippen LogP contribution in [0.1, 0.15) is 34.3 Å². The van der Waals surface area contributed by atoms with Crippen molar-refractivity contribution in [3.05, 3.63) is 65.2 Å². The number of carbonyl (C=O) groups is 1. The number of ether oxygens (including phenoxy) is 1. The SMILES string of the molecule is O=C(c1cccc(C(F)(F)F)c1)N(Cc1ccccc1O)CC1CCCO1. The third-order valence-electron chi connectivity index (χ3n) is 4.52. The van der Waals surface area contributed by atoms with Gasteiger partial charge in [-0.15, -0.1) is 0 Å². The molecule has 0 bridgehead atoms. The summed E-state index contributed by atoms with van der Waals surface area (Å²) in [6.45, 7) is 0.942. The van der Waals surface area contributed by atoms with Crippen LogP contribution < -0.4 is 0 Å². The molecular formula is C20H20F3NO3. The van der Waals surface area contributed by atoms with Gasteiger partial charge in [-0.1, -0.05) is 24.3 Å². The molecule has 2 aromatic rings. The number of hydrogen-bond donors (Lipinski definition) is 1. The maximum atomic E-state index is 13.0. The van der Waals surface area contributed by atoms with Crippen LogP contribution in [-0.2, 0) is 17.5 Å². The van der Waals surface area contributed by atoms with Crippen molar-refractivity contribution in [2.75, 3.05) is 13.2 Å². The number of carbonyl (C=O) groups excluding carboxylic acids is 1. The number of rotatable bonds is 5. The summed E-state index contributed by atoms with van der Waals surface area (Å²) in [4.78, 5) is 14.4. The van der Waals surface area contributed by atoms with Crippen LogP contribution in [0.3, 0.4) is 0 Å². The highest BCUT2D eigenvalue weighted by atomic mass is 19.4. The first-order valence-electron chi connectivity index (χ1n) is 8.69. The molecule has 2 aromatic carbocycles. The summed E-state index contributed by atoms with van der Waals surface area (Å²) >= 11 is 0.